The number of carbonyl (C=O) groups excluding carboxylic acids is 2. The third-order valence-corrected chi connectivity index (χ3v) is 3.74. The predicted molar refractivity (Wildman–Crippen MR) is 97.6 cm³/mol. The van der Waals surface area contributed by atoms with E-state index < -0.39 is 6.09 Å². The lowest BCUT2D eigenvalue weighted by Crippen LogP contribution is -2.33. The van der Waals surface area contributed by atoms with E-state index in [9.17, 15) is 9.59 Å². The molecule has 0 saturated heterocycles. The summed E-state index contributed by atoms with van der Waals surface area (Å²) in [4.78, 5) is 25.9. The van der Waals surface area contributed by atoms with Crippen molar-refractivity contribution in [2.24, 2.45) is 0 Å². The minimum absolute atomic E-state index is 0.0343. The van der Waals surface area contributed by atoms with Crippen molar-refractivity contribution in [3.05, 3.63) is 23.3 Å². The molecule has 2 amide bonds. The molecule has 1 aromatic rings. The van der Waals surface area contributed by atoms with Gasteiger partial charge in [-0.25, -0.2) is 4.79 Å². The number of ether oxygens (including phenoxy) is 1. The number of anilines is 2. The lowest BCUT2D eigenvalue weighted by atomic mass is 10.1. The zero-order valence-electron chi connectivity index (χ0n) is 15.4. The number of hydrogen-bond acceptors (Lipinski definition) is 4. The Hall–Kier alpha value is -2.08. The summed E-state index contributed by atoms with van der Waals surface area (Å²) in [6.07, 6.45) is 0.317. The van der Waals surface area contributed by atoms with Crippen LogP contribution in [0, 0.1) is 13.8 Å². The zero-order valence-corrected chi connectivity index (χ0v) is 15.4. The van der Waals surface area contributed by atoms with Crippen LogP contribution in [0.3, 0.4) is 0 Å². The van der Waals surface area contributed by atoms with Crippen LogP contribution in [0.25, 0.3) is 0 Å². The molecular weight excluding hydrogens is 306 g/mol. The predicted octanol–water partition coefficient (Wildman–Crippen LogP) is 3.54. The van der Waals surface area contributed by atoms with Crippen molar-refractivity contribution in [1.82, 2.24) is 4.90 Å². The summed E-state index contributed by atoms with van der Waals surface area (Å²) < 4.78 is 5.01. The third kappa shape index (κ3) is 6.20. The van der Waals surface area contributed by atoms with Gasteiger partial charge in [-0.1, -0.05) is 20.8 Å². The van der Waals surface area contributed by atoms with Gasteiger partial charge in [-0.3, -0.25) is 15.0 Å². The fraction of sp³-hybridized carbons (Fsp3) is 0.556. The Morgan fingerprint density at radius 2 is 1.62 bits per heavy atom. The highest BCUT2D eigenvalue weighted by Crippen LogP contribution is 2.25. The van der Waals surface area contributed by atoms with Crippen LogP contribution in [0.2, 0.25) is 0 Å². The second kappa shape index (κ2) is 9.93. The van der Waals surface area contributed by atoms with E-state index in [2.05, 4.69) is 15.5 Å². The highest BCUT2D eigenvalue weighted by atomic mass is 16.5. The molecule has 6 heteroatoms. The number of benzene rings is 1. The first-order valence-corrected chi connectivity index (χ1v) is 8.48. The monoisotopic (exact) mass is 335 g/mol. The van der Waals surface area contributed by atoms with E-state index in [0.29, 0.717) is 18.8 Å². The summed E-state index contributed by atoms with van der Waals surface area (Å²) in [6.45, 7) is 12.3. The molecule has 0 fully saturated rings. The number of hydrogen-bond donors (Lipinski definition) is 2. The first kappa shape index (κ1) is 20.0. The van der Waals surface area contributed by atoms with Gasteiger partial charge < -0.3 is 10.1 Å². The third-order valence-electron chi connectivity index (χ3n) is 3.74. The highest BCUT2D eigenvalue weighted by molar-refractivity contribution is 5.94. The van der Waals surface area contributed by atoms with Gasteiger partial charge in [0.25, 0.3) is 0 Å². The Kier molecular flexibility index (Phi) is 8.26. The maximum atomic E-state index is 12.2. The fourth-order valence-electron chi connectivity index (χ4n) is 2.41. The molecule has 0 bridgehead atoms. The molecule has 0 saturated carbocycles. The molecule has 0 heterocycles. The molecular formula is C18H29N3O3. The summed E-state index contributed by atoms with van der Waals surface area (Å²) in [5.74, 6) is -0.0343. The van der Waals surface area contributed by atoms with Crippen molar-refractivity contribution >= 4 is 23.4 Å². The lowest BCUT2D eigenvalue weighted by molar-refractivity contribution is -0.117. The fourth-order valence-corrected chi connectivity index (χ4v) is 2.41. The molecule has 2 N–H and O–H groups in total. The molecule has 0 radical (unpaired) electrons. The summed E-state index contributed by atoms with van der Waals surface area (Å²) in [7, 11) is 0. The molecule has 6 nitrogen and oxygen atoms in total. The van der Waals surface area contributed by atoms with Crippen LogP contribution in [0.5, 0.6) is 0 Å². The Balaban J connectivity index is 2.77. The summed E-state index contributed by atoms with van der Waals surface area (Å²) in [5, 5.41) is 5.68. The standard InChI is InChI=1S/C18H29N3O3/c1-6-9-24-18(23)19-15-10-13(4)17(14(5)11-15)20-16(22)12-21(7-2)8-3/h10-11H,6-9,12H2,1-5H3,(H,19,23)(H,20,22). The first-order chi connectivity index (χ1) is 11.4. The van der Waals surface area contributed by atoms with Gasteiger partial charge in [0.2, 0.25) is 5.91 Å². The highest BCUT2D eigenvalue weighted by Gasteiger charge is 2.12. The quantitative estimate of drug-likeness (QED) is 0.762. The van der Waals surface area contributed by atoms with E-state index in [1.54, 1.807) is 0 Å². The Morgan fingerprint density at radius 1 is 1.04 bits per heavy atom. The smallest absolute Gasteiger partial charge is 0.411 e. The number of likely N-dealkylation sites (N-methyl/N-ethyl adjacent to an activating group) is 1. The van der Waals surface area contributed by atoms with Crippen LogP contribution in [0.15, 0.2) is 12.1 Å². The minimum Gasteiger partial charge on any atom is -0.449 e. The largest absolute Gasteiger partial charge is 0.449 e. The summed E-state index contributed by atoms with van der Waals surface area (Å²) >= 11 is 0. The lowest BCUT2D eigenvalue weighted by Gasteiger charge is -2.19. The molecule has 134 valence electrons. The molecule has 1 aromatic carbocycles. The second-order valence-corrected chi connectivity index (χ2v) is 5.76. The van der Waals surface area contributed by atoms with Gasteiger partial charge in [0.05, 0.1) is 13.2 Å². The van der Waals surface area contributed by atoms with Crippen molar-refractivity contribution in [2.75, 3.05) is 36.9 Å². The van der Waals surface area contributed by atoms with E-state index in [1.165, 1.54) is 0 Å². The number of rotatable bonds is 8. The van der Waals surface area contributed by atoms with E-state index in [1.807, 2.05) is 46.8 Å². The van der Waals surface area contributed by atoms with E-state index >= 15 is 0 Å². The Bertz CT molecular complexity index is 546. The average molecular weight is 335 g/mol. The Labute approximate surface area is 144 Å². The van der Waals surface area contributed by atoms with Gasteiger partial charge in [-0.05, 0) is 56.6 Å². The van der Waals surface area contributed by atoms with Gasteiger partial charge >= 0.3 is 6.09 Å². The number of amides is 2. The number of carbonyl (C=O) groups is 2. The molecule has 0 aromatic heterocycles. The van der Waals surface area contributed by atoms with Crippen LogP contribution in [-0.2, 0) is 9.53 Å². The van der Waals surface area contributed by atoms with Crippen molar-refractivity contribution < 1.29 is 14.3 Å². The molecule has 0 atom stereocenters. The van der Waals surface area contributed by atoms with Gasteiger partial charge in [-0.15, -0.1) is 0 Å². The Morgan fingerprint density at radius 3 is 2.12 bits per heavy atom. The van der Waals surface area contributed by atoms with Crippen molar-refractivity contribution in [3.8, 4) is 0 Å². The van der Waals surface area contributed by atoms with Crippen molar-refractivity contribution in [2.45, 2.75) is 41.0 Å². The average Bonchev–Trinajstić information content (AvgIpc) is 2.54. The SMILES string of the molecule is CCCOC(=O)Nc1cc(C)c(NC(=O)CN(CC)CC)c(C)c1. The van der Waals surface area contributed by atoms with Gasteiger partial charge in [-0.2, -0.15) is 0 Å². The van der Waals surface area contributed by atoms with Crippen molar-refractivity contribution in [1.29, 1.82) is 0 Å². The molecule has 0 spiro atoms. The van der Waals surface area contributed by atoms with Crippen LogP contribution in [-0.4, -0.2) is 43.1 Å². The molecule has 1 rings (SSSR count). The van der Waals surface area contributed by atoms with Gasteiger partial charge in [0.15, 0.2) is 0 Å². The summed E-state index contributed by atoms with van der Waals surface area (Å²) in [6, 6.07) is 3.65. The maximum Gasteiger partial charge on any atom is 0.411 e. The summed E-state index contributed by atoms with van der Waals surface area (Å²) in [5.41, 5.74) is 3.25. The van der Waals surface area contributed by atoms with E-state index in [-0.39, 0.29) is 5.91 Å². The normalized spacial score (nSPS) is 10.6. The maximum absolute atomic E-state index is 12.2. The van der Waals surface area contributed by atoms with Gasteiger partial charge in [0.1, 0.15) is 0 Å². The van der Waals surface area contributed by atoms with E-state index in [4.69, 9.17) is 4.74 Å². The van der Waals surface area contributed by atoms with E-state index in [0.717, 1.165) is 36.3 Å². The molecule has 24 heavy (non-hydrogen) atoms. The molecule has 0 unspecified atom stereocenters. The van der Waals surface area contributed by atoms with Crippen molar-refractivity contribution in [3.63, 3.8) is 0 Å². The van der Waals surface area contributed by atoms with Crippen LogP contribution < -0.4 is 10.6 Å². The van der Waals surface area contributed by atoms with Crippen LogP contribution >= 0.6 is 0 Å². The topological polar surface area (TPSA) is 70.7 Å². The number of nitrogens with one attached hydrogen (secondary N) is 2. The first-order valence-electron chi connectivity index (χ1n) is 8.48. The van der Waals surface area contributed by atoms with Crippen LogP contribution in [0.1, 0.15) is 38.3 Å². The second-order valence-electron chi connectivity index (χ2n) is 5.76. The molecule has 0 aliphatic heterocycles. The molecule has 0 aliphatic carbocycles. The zero-order chi connectivity index (χ0) is 18.1. The molecule has 0 aliphatic rings. The van der Waals surface area contributed by atoms with Gasteiger partial charge in [0, 0.05) is 11.4 Å². The number of nitrogens with zero attached hydrogens (tertiary/aromatic N) is 1. The minimum atomic E-state index is -0.464. The number of aryl methyl sites for hydroxylation is 2. The van der Waals surface area contributed by atoms with Crippen LogP contribution in [0.4, 0.5) is 16.2 Å².